The molecule has 0 bridgehead atoms. The summed E-state index contributed by atoms with van der Waals surface area (Å²) >= 11 is 0. The summed E-state index contributed by atoms with van der Waals surface area (Å²) in [4.78, 5) is 0. The van der Waals surface area contributed by atoms with Crippen LogP contribution in [0.4, 0.5) is 0 Å². The Labute approximate surface area is 104 Å². The highest BCUT2D eigenvalue weighted by Gasteiger charge is 2.25. The highest BCUT2D eigenvalue weighted by Crippen LogP contribution is 2.21. The first-order valence-corrected chi connectivity index (χ1v) is 8.14. The van der Waals surface area contributed by atoms with E-state index in [4.69, 9.17) is 15.4 Å². The fourth-order valence-electron chi connectivity index (χ4n) is 1.62. The van der Waals surface area contributed by atoms with Crippen molar-refractivity contribution < 1.29 is 13.2 Å². The monoisotopic (exact) mass is 270 g/mol. The van der Waals surface area contributed by atoms with E-state index in [1.807, 2.05) is 13.8 Å². The van der Waals surface area contributed by atoms with Crippen LogP contribution >= 0.6 is 10.7 Å². The van der Waals surface area contributed by atoms with Crippen LogP contribution in [-0.4, -0.2) is 27.4 Å². The highest BCUT2D eigenvalue weighted by atomic mass is 35.7. The number of hydrogen-bond donors (Lipinski definition) is 0. The molecule has 3 nitrogen and oxygen atoms in total. The first-order valence-electron chi connectivity index (χ1n) is 5.66. The number of hydrogen-bond acceptors (Lipinski definition) is 3. The molecule has 0 saturated carbocycles. The van der Waals surface area contributed by atoms with E-state index in [0.717, 1.165) is 12.8 Å². The lowest BCUT2D eigenvalue weighted by atomic mass is 9.98. The minimum Gasteiger partial charge on any atom is -0.381 e. The summed E-state index contributed by atoms with van der Waals surface area (Å²) in [6, 6.07) is 0. The molecular weight excluding hydrogens is 248 g/mol. The Balaban J connectivity index is 3.91. The van der Waals surface area contributed by atoms with Crippen LogP contribution in [0.5, 0.6) is 0 Å². The Bertz CT molecular complexity index is 286. The summed E-state index contributed by atoms with van der Waals surface area (Å²) in [5.74, 6) is 0.470. The minimum absolute atomic E-state index is 0.0519. The predicted octanol–water partition coefficient (Wildman–Crippen LogP) is 3.03. The molecule has 1 atom stereocenters. The highest BCUT2D eigenvalue weighted by molar-refractivity contribution is 8.13. The van der Waals surface area contributed by atoms with Crippen molar-refractivity contribution in [2.75, 3.05) is 19.0 Å². The van der Waals surface area contributed by atoms with Gasteiger partial charge in [0, 0.05) is 22.7 Å². The van der Waals surface area contributed by atoms with Gasteiger partial charge in [-0.2, -0.15) is 0 Å². The van der Waals surface area contributed by atoms with Gasteiger partial charge in [0.15, 0.2) is 0 Å². The van der Waals surface area contributed by atoms with Crippen LogP contribution < -0.4 is 0 Å². The minimum atomic E-state index is -3.45. The Hall–Kier alpha value is 0.200. The number of ether oxygens (including phenoxy) is 1. The van der Waals surface area contributed by atoms with Gasteiger partial charge in [0.1, 0.15) is 0 Å². The maximum absolute atomic E-state index is 11.0. The number of rotatable bonds is 8. The van der Waals surface area contributed by atoms with Crippen LogP contribution in [0.15, 0.2) is 0 Å². The molecule has 1 unspecified atom stereocenters. The lowest BCUT2D eigenvalue weighted by molar-refractivity contribution is 0.0506. The van der Waals surface area contributed by atoms with Crippen LogP contribution in [0.3, 0.4) is 0 Å². The van der Waals surface area contributed by atoms with Crippen molar-refractivity contribution in [3.05, 3.63) is 0 Å². The molecule has 0 amide bonds. The largest absolute Gasteiger partial charge is 0.381 e. The molecule has 0 saturated heterocycles. The van der Waals surface area contributed by atoms with Gasteiger partial charge in [-0.1, -0.05) is 34.1 Å². The van der Waals surface area contributed by atoms with Crippen LogP contribution in [-0.2, 0) is 13.8 Å². The topological polar surface area (TPSA) is 43.4 Å². The van der Waals surface area contributed by atoms with Crippen molar-refractivity contribution in [3.63, 3.8) is 0 Å². The third-order valence-electron chi connectivity index (χ3n) is 2.24. The molecule has 98 valence electrons. The normalized spacial score (nSPS) is 15.1. The van der Waals surface area contributed by atoms with Crippen molar-refractivity contribution >= 4 is 19.7 Å². The summed E-state index contributed by atoms with van der Waals surface area (Å²) in [5.41, 5.74) is -0.424. The standard InChI is InChI=1S/C11H23ClO3S/c1-5-6-10(2)7-15-8-11(3,4)9-16(12,13)14/h10H,5-9H2,1-4H3. The van der Waals surface area contributed by atoms with Gasteiger partial charge in [-0.15, -0.1) is 0 Å². The lowest BCUT2D eigenvalue weighted by Gasteiger charge is -2.23. The van der Waals surface area contributed by atoms with Gasteiger partial charge in [-0.3, -0.25) is 0 Å². The molecule has 0 radical (unpaired) electrons. The van der Waals surface area contributed by atoms with E-state index >= 15 is 0 Å². The van der Waals surface area contributed by atoms with Crippen LogP contribution in [0.1, 0.15) is 40.5 Å². The summed E-state index contributed by atoms with van der Waals surface area (Å²) in [6.07, 6.45) is 2.28. The molecule has 0 aromatic heterocycles. The van der Waals surface area contributed by atoms with Crippen LogP contribution in [0.25, 0.3) is 0 Å². The molecular formula is C11H23ClO3S. The van der Waals surface area contributed by atoms with Crippen molar-refractivity contribution in [3.8, 4) is 0 Å². The zero-order valence-corrected chi connectivity index (χ0v) is 12.2. The Morgan fingerprint density at radius 3 is 2.38 bits per heavy atom. The molecule has 16 heavy (non-hydrogen) atoms. The van der Waals surface area contributed by atoms with Gasteiger partial charge in [0.2, 0.25) is 9.05 Å². The summed E-state index contributed by atoms with van der Waals surface area (Å²) in [7, 11) is 1.78. The van der Waals surface area contributed by atoms with E-state index in [2.05, 4.69) is 13.8 Å². The molecule has 0 aromatic rings. The molecule has 0 N–H and O–H groups in total. The summed E-state index contributed by atoms with van der Waals surface area (Å²) < 4.78 is 27.4. The van der Waals surface area contributed by atoms with Gasteiger partial charge in [-0.25, -0.2) is 8.42 Å². The van der Waals surface area contributed by atoms with E-state index in [1.165, 1.54) is 0 Å². The van der Waals surface area contributed by atoms with Gasteiger partial charge >= 0.3 is 0 Å². The third kappa shape index (κ3) is 9.43. The second kappa shape index (κ2) is 6.82. The van der Waals surface area contributed by atoms with E-state index in [-0.39, 0.29) is 5.75 Å². The molecule has 0 spiro atoms. The van der Waals surface area contributed by atoms with Gasteiger partial charge in [0.25, 0.3) is 0 Å². The molecule has 0 heterocycles. The lowest BCUT2D eigenvalue weighted by Crippen LogP contribution is -2.28. The molecule has 0 aliphatic carbocycles. The van der Waals surface area contributed by atoms with E-state index in [0.29, 0.717) is 19.1 Å². The van der Waals surface area contributed by atoms with Gasteiger partial charge in [0.05, 0.1) is 12.4 Å². The molecule has 0 aliphatic rings. The molecule has 0 aromatic carbocycles. The predicted molar refractivity (Wildman–Crippen MR) is 68.3 cm³/mol. The zero-order chi connectivity index (χ0) is 12.8. The second-order valence-electron chi connectivity index (χ2n) is 5.26. The quantitative estimate of drug-likeness (QED) is 0.637. The fourth-order valence-corrected chi connectivity index (χ4v) is 3.52. The molecule has 5 heteroatoms. The Morgan fingerprint density at radius 2 is 1.94 bits per heavy atom. The molecule has 0 fully saturated rings. The van der Waals surface area contributed by atoms with Gasteiger partial charge in [-0.05, 0) is 12.3 Å². The average Bonchev–Trinajstić information content (AvgIpc) is 1.98. The maximum Gasteiger partial charge on any atom is 0.233 e. The summed E-state index contributed by atoms with van der Waals surface area (Å²) in [6.45, 7) is 9.07. The van der Waals surface area contributed by atoms with Crippen molar-refractivity contribution in [1.29, 1.82) is 0 Å². The Kier molecular flexibility index (Phi) is 6.90. The van der Waals surface area contributed by atoms with E-state index in [1.54, 1.807) is 0 Å². The van der Waals surface area contributed by atoms with Crippen molar-refractivity contribution in [1.82, 2.24) is 0 Å². The molecule has 0 aliphatic heterocycles. The number of halogens is 1. The van der Waals surface area contributed by atoms with Crippen LogP contribution in [0.2, 0.25) is 0 Å². The SMILES string of the molecule is CCCC(C)COCC(C)(C)CS(=O)(=O)Cl. The Morgan fingerprint density at radius 1 is 1.38 bits per heavy atom. The zero-order valence-electron chi connectivity index (χ0n) is 10.6. The average molecular weight is 271 g/mol. The fraction of sp³-hybridized carbons (Fsp3) is 1.00. The van der Waals surface area contributed by atoms with Crippen molar-refractivity contribution in [2.24, 2.45) is 11.3 Å². The smallest absolute Gasteiger partial charge is 0.233 e. The summed E-state index contributed by atoms with van der Waals surface area (Å²) in [5, 5.41) is 0. The van der Waals surface area contributed by atoms with Crippen molar-refractivity contribution in [2.45, 2.75) is 40.5 Å². The van der Waals surface area contributed by atoms with E-state index in [9.17, 15) is 8.42 Å². The van der Waals surface area contributed by atoms with E-state index < -0.39 is 14.5 Å². The van der Waals surface area contributed by atoms with Crippen LogP contribution in [0, 0.1) is 11.3 Å². The first-order chi connectivity index (χ1) is 7.16. The first kappa shape index (κ1) is 16.2. The third-order valence-corrected chi connectivity index (χ3v) is 3.69. The van der Waals surface area contributed by atoms with Gasteiger partial charge < -0.3 is 4.74 Å². The molecule has 0 rings (SSSR count). The maximum atomic E-state index is 11.0. The second-order valence-corrected chi connectivity index (χ2v) is 8.03.